The molecule has 0 aromatic heterocycles. The van der Waals surface area contributed by atoms with Crippen molar-refractivity contribution < 1.29 is 4.79 Å². The van der Waals surface area contributed by atoms with Crippen LogP contribution in [0.15, 0.2) is 0 Å². The van der Waals surface area contributed by atoms with Gasteiger partial charge in [-0.05, 0) is 38.0 Å². The number of rotatable bonds is 5. The molecule has 16 heavy (non-hydrogen) atoms. The van der Waals surface area contributed by atoms with Crippen LogP contribution in [0.1, 0.15) is 46.0 Å². The fraction of sp³-hybridized carbons (Fsp3) is 0.923. The summed E-state index contributed by atoms with van der Waals surface area (Å²) in [5.41, 5.74) is 0. The molecule has 1 fully saturated rings. The molecule has 1 atom stereocenters. The van der Waals surface area contributed by atoms with Crippen molar-refractivity contribution in [2.24, 2.45) is 11.8 Å². The first-order chi connectivity index (χ1) is 7.72. The highest BCUT2D eigenvalue weighted by Crippen LogP contribution is 2.22. The van der Waals surface area contributed by atoms with Crippen molar-refractivity contribution in [3.8, 4) is 0 Å². The molecule has 0 aliphatic carbocycles. The maximum absolute atomic E-state index is 12.2. The number of carbonyl (C=O) groups excluding carboxylic acids is 1. The summed E-state index contributed by atoms with van der Waals surface area (Å²) in [4.78, 5) is 14.3. The highest BCUT2D eigenvalue weighted by Gasteiger charge is 2.26. The van der Waals surface area contributed by atoms with E-state index >= 15 is 0 Å². The standard InChI is InChI=1S/C13H24ClNO/c1-3-12(4-2)13(16)15-9-5-6-11(10-15)7-8-14/h11-12H,3-10H2,1-2H3. The van der Waals surface area contributed by atoms with E-state index in [0.717, 1.165) is 44.7 Å². The number of carbonyl (C=O) groups is 1. The average Bonchev–Trinajstić information content (AvgIpc) is 2.31. The van der Waals surface area contributed by atoms with Crippen molar-refractivity contribution in [2.45, 2.75) is 46.0 Å². The van der Waals surface area contributed by atoms with E-state index in [1.165, 1.54) is 6.42 Å². The van der Waals surface area contributed by atoms with Crippen LogP contribution in [0.2, 0.25) is 0 Å². The average molecular weight is 246 g/mol. The summed E-state index contributed by atoms with van der Waals surface area (Å²) in [6, 6.07) is 0. The molecule has 1 aliphatic heterocycles. The summed E-state index contributed by atoms with van der Waals surface area (Å²) < 4.78 is 0. The van der Waals surface area contributed by atoms with Crippen LogP contribution in [0.3, 0.4) is 0 Å². The molecular formula is C13H24ClNO. The lowest BCUT2D eigenvalue weighted by molar-refractivity contribution is -0.137. The molecule has 0 N–H and O–H groups in total. The molecule has 0 saturated carbocycles. The monoisotopic (exact) mass is 245 g/mol. The Morgan fingerprint density at radius 3 is 2.69 bits per heavy atom. The lowest BCUT2D eigenvalue weighted by Gasteiger charge is -2.34. The van der Waals surface area contributed by atoms with Gasteiger partial charge in [-0.25, -0.2) is 0 Å². The summed E-state index contributed by atoms with van der Waals surface area (Å²) in [5, 5.41) is 0. The minimum atomic E-state index is 0.231. The Hall–Kier alpha value is -0.240. The van der Waals surface area contributed by atoms with Gasteiger partial charge < -0.3 is 4.90 Å². The van der Waals surface area contributed by atoms with E-state index in [9.17, 15) is 4.79 Å². The van der Waals surface area contributed by atoms with Gasteiger partial charge in [0.05, 0.1) is 0 Å². The van der Waals surface area contributed by atoms with Gasteiger partial charge in [0.15, 0.2) is 0 Å². The van der Waals surface area contributed by atoms with Crippen LogP contribution in [0, 0.1) is 11.8 Å². The zero-order valence-electron chi connectivity index (χ0n) is 10.5. The Morgan fingerprint density at radius 1 is 1.44 bits per heavy atom. The van der Waals surface area contributed by atoms with Crippen molar-refractivity contribution in [1.82, 2.24) is 4.90 Å². The van der Waals surface area contributed by atoms with Gasteiger partial charge in [-0.2, -0.15) is 0 Å². The Labute approximate surface area is 104 Å². The van der Waals surface area contributed by atoms with E-state index in [1.54, 1.807) is 0 Å². The van der Waals surface area contributed by atoms with Crippen molar-refractivity contribution in [3.63, 3.8) is 0 Å². The molecule has 94 valence electrons. The molecule has 0 aromatic carbocycles. The van der Waals surface area contributed by atoms with E-state index < -0.39 is 0 Å². The van der Waals surface area contributed by atoms with Crippen LogP contribution in [0.4, 0.5) is 0 Å². The first-order valence-electron chi connectivity index (χ1n) is 6.57. The fourth-order valence-electron chi connectivity index (χ4n) is 2.55. The summed E-state index contributed by atoms with van der Waals surface area (Å²) in [7, 11) is 0. The second kappa shape index (κ2) is 7.16. The Kier molecular flexibility index (Phi) is 6.18. The number of nitrogens with zero attached hydrogens (tertiary/aromatic N) is 1. The van der Waals surface area contributed by atoms with Gasteiger partial charge in [0.25, 0.3) is 0 Å². The first kappa shape index (κ1) is 13.8. The molecule has 0 aromatic rings. The second-order valence-electron chi connectivity index (χ2n) is 4.78. The van der Waals surface area contributed by atoms with Crippen LogP contribution in [0.5, 0.6) is 0 Å². The normalized spacial score (nSPS) is 21.5. The number of piperidine rings is 1. The number of halogens is 1. The molecule has 1 amide bonds. The van der Waals surface area contributed by atoms with E-state index in [-0.39, 0.29) is 5.92 Å². The van der Waals surface area contributed by atoms with Crippen LogP contribution in [0.25, 0.3) is 0 Å². The molecule has 1 unspecified atom stereocenters. The highest BCUT2D eigenvalue weighted by atomic mass is 35.5. The molecule has 0 bridgehead atoms. The van der Waals surface area contributed by atoms with Gasteiger partial charge >= 0.3 is 0 Å². The van der Waals surface area contributed by atoms with Crippen LogP contribution >= 0.6 is 11.6 Å². The van der Waals surface area contributed by atoms with Crippen LogP contribution < -0.4 is 0 Å². The van der Waals surface area contributed by atoms with Crippen molar-refractivity contribution >= 4 is 17.5 Å². The summed E-state index contributed by atoms with van der Waals surface area (Å²) in [6.07, 6.45) is 5.36. The smallest absolute Gasteiger partial charge is 0.225 e. The van der Waals surface area contributed by atoms with E-state index in [1.807, 2.05) is 0 Å². The largest absolute Gasteiger partial charge is 0.342 e. The predicted octanol–water partition coefficient (Wildman–Crippen LogP) is 3.29. The van der Waals surface area contributed by atoms with E-state index in [2.05, 4.69) is 18.7 Å². The Morgan fingerprint density at radius 2 is 2.12 bits per heavy atom. The van der Waals surface area contributed by atoms with Crippen molar-refractivity contribution in [2.75, 3.05) is 19.0 Å². The van der Waals surface area contributed by atoms with Crippen molar-refractivity contribution in [3.05, 3.63) is 0 Å². The number of likely N-dealkylation sites (tertiary alicyclic amines) is 1. The van der Waals surface area contributed by atoms with Gasteiger partial charge in [0, 0.05) is 24.9 Å². The molecule has 0 radical (unpaired) electrons. The Balaban J connectivity index is 2.49. The SMILES string of the molecule is CCC(CC)C(=O)N1CCCC(CCCl)C1. The molecule has 0 spiro atoms. The summed E-state index contributed by atoms with van der Waals surface area (Å²) in [5.74, 6) is 1.95. The van der Waals surface area contributed by atoms with Crippen LogP contribution in [-0.2, 0) is 4.79 Å². The zero-order valence-corrected chi connectivity index (χ0v) is 11.3. The van der Waals surface area contributed by atoms with Gasteiger partial charge in [-0.1, -0.05) is 13.8 Å². The molecule has 1 rings (SSSR count). The molecule has 1 saturated heterocycles. The van der Waals surface area contributed by atoms with E-state index in [4.69, 9.17) is 11.6 Å². The quantitative estimate of drug-likeness (QED) is 0.681. The Bertz CT molecular complexity index is 214. The molecule has 3 heteroatoms. The lowest BCUT2D eigenvalue weighted by Crippen LogP contribution is -2.42. The number of hydrogen-bond donors (Lipinski definition) is 0. The predicted molar refractivity (Wildman–Crippen MR) is 68.7 cm³/mol. The molecule has 1 heterocycles. The minimum Gasteiger partial charge on any atom is -0.342 e. The third-order valence-electron chi connectivity index (χ3n) is 3.68. The molecular weight excluding hydrogens is 222 g/mol. The highest BCUT2D eigenvalue weighted by molar-refractivity contribution is 6.17. The van der Waals surface area contributed by atoms with Gasteiger partial charge in [-0.3, -0.25) is 4.79 Å². The fourth-order valence-corrected chi connectivity index (χ4v) is 2.86. The first-order valence-corrected chi connectivity index (χ1v) is 7.11. The van der Waals surface area contributed by atoms with Crippen molar-refractivity contribution in [1.29, 1.82) is 0 Å². The lowest BCUT2D eigenvalue weighted by atomic mass is 9.93. The van der Waals surface area contributed by atoms with Gasteiger partial charge in [0.1, 0.15) is 0 Å². The number of alkyl halides is 1. The molecule has 1 aliphatic rings. The van der Waals surface area contributed by atoms with Gasteiger partial charge in [-0.15, -0.1) is 11.6 Å². The second-order valence-corrected chi connectivity index (χ2v) is 5.16. The van der Waals surface area contributed by atoms with Gasteiger partial charge in [0.2, 0.25) is 5.91 Å². The molecule has 2 nitrogen and oxygen atoms in total. The number of hydrogen-bond acceptors (Lipinski definition) is 1. The minimum absolute atomic E-state index is 0.231. The summed E-state index contributed by atoms with van der Waals surface area (Å²) in [6.45, 7) is 6.09. The zero-order chi connectivity index (χ0) is 12.0. The third kappa shape index (κ3) is 3.65. The summed E-state index contributed by atoms with van der Waals surface area (Å²) >= 11 is 5.78. The maximum atomic E-state index is 12.2. The topological polar surface area (TPSA) is 20.3 Å². The third-order valence-corrected chi connectivity index (χ3v) is 3.90. The van der Waals surface area contributed by atoms with E-state index in [0.29, 0.717) is 11.8 Å². The number of amides is 1. The van der Waals surface area contributed by atoms with Crippen LogP contribution in [-0.4, -0.2) is 29.8 Å². The maximum Gasteiger partial charge on any atom is 0.225 e.